The van der Waals surface area contributed by atoms with Crippen LogP contribution in [-0.4, -0.2) is 23.5 Å². The summed E-state index contributed by atoms with van der Waals surface area (Å²) in [6, 6.07) is 4.05. The summed E-state index contributed by atoms with van der Waals surface area (Å²) in [6.07, 6.45) is 1.30. The first kappa shape index (κ1) is 16.4. The maximum absolute atomic E-state index is 11.9. The summed E-state index contributed by atoms with van der Waals surface area (Å²) in [6.45, 7) is 3.93. The van der Waals surface area contributed by atoms with Crippen molar-refractivity contribution in [2.24, 2.45) is 0 Å². The molecule has 0 bridgehead atoms. The van der Waals surface area contributed by atoms with Crippen molar-refractivity contribution in [2.45, 2.75) is 32.7 Å². The Kier molecular flexibility index (Phi) is 6.44. The van der Waals surface area contributed by atoms with E-state index >= 15 is 0 Å². The molecule has 20 heavy (non-hydrogen) atoms. The minimum absolute atomic E-state index is 0.0789. The molecule has 0 saturated heterocycles. The number of ether oxygens (including phenoxy) is 1. The van der Waals surface area contributed by atoms with Crippen molar-refractivity contribution in [1.29, 1.82) is 0 Å². The first-order valence-electron chi connectivity index (χ1n) is 6.37. The van der Waals surface area contributed by atoms with Gasteiger partial charge in [0.25, 0.3) is 5.69 Å². The standard InChI is InChI=1S/C13H17BrN2O4/c1-3-6-10(13(17)20-4-2)15-12-9(14)7-5-8-11(12)16(18)19/h5,7-8,10,15H,3-4,6H2,1-2H3. The summed E-state index contributed by atoms with van der Waals surface area (Å²) in [4.78, 5) is 22.4. The highest BCUT2D eigenvalue weighted by atomic mass is 79.9. The van der Waals surface area contributed by atoms with E-state index in [0.717, 1.165) is 6.42 Å². The largest absolute Gasteiger partial charge is 0.464 e. The van der Waals surface area contributed by atoms with Crippen LogP contribution in [0.15, 0.2) is 22.7 Å². The lowest BCUT2D eigenvalue weighted by molar-refractivity contribution is -0.384. The molecule has 0 aliphatic heterocycles. The molecule has 6 nitrogen and oxygen atoms in total. The number of esters is 1. The average Bonchev–Trinajstić information content (AvgIpc) is 2.40. The normalized spacial score (nSPS) is 11.8. The lowest BCUT2D eigenvalue weighted by atomic mass is 10.1. The fourth-order valence-electron chi connectivity index (χ4n) is 1.76. The predicted octanol–water partition coefficient (Wildman–Crippen LogP) is 3.50. The molecule has 1 aromatic carbocycles. The Labute approximate surface area is 125 Å². The van der Waals surface area contributed by atoms with E-state index in [-0.39, 0.29) is 12.3 Å². The molecule has 1 atom stereocenters. The maximum Gasteiger partial charge on any atom is 0.328 e. The lowest BCUT2D eigenvalue weighted by Crippen LogP contribution is -2.31. The Morgan fingerprint density at radius 3 is 2.75 bits per heavy atom. The number of para-hydroxylation sites is 1. The van der Waals surface area contributed by atoms with Gasteiger partial charge in [0.05, 0.1) is 11.5 Å². The molecule has 0 spiro atoms. The molecule has 0 fully saturated rings. The fraction of sp³-hybridized carbons (Fsp3) is 0.462. The van der Waals surface area contributed by atoms with Gasteiger partial charge in [0.2, 0.25) is 0 Å². The molecule has 110 valence electrons. The molecule has 7 heteroatoms. The summed E-state index contributed by atoms with van der Waals surface area (Å²) in [5.74, 6) is -0.403. The highest BCUT2D eigenvalue weighted by Crippen LogP contribution is 2.33. The number of anilines is 1. The second-order valence-electron chi connectivity index (χ2n) is 4.13. The van der Waals surface area contributed by atoms with E-state index in [1.165, 1.54) is 6.07 Å². The fourth-order valence-corrected chi connectivity index (χ4v) is 2.23. The van der Waals surface area contributed by atoms with Gasteiger partial charge in [-0.2, -0.15) is 0 Å². The third kappa shape index (κ3) is 4.19. The molecule has 0 heterocycles. The van der Waals surface area contributed by atoms with Crippen molar-refractivity contribution in [3.8, 4) is 0 Å². The predicted molar refractivity (Wildman–Crippen MR) is 79.7 cm³/mol. The van der Waals surface area contributed by atoms with Gasteiger partial charge in [-0.25, -0.2) is 4.79 Å². The zero-order valence-corrected chi connectivity index (χ0v) is 13.0. The van der Waals surface area contributed by atoms with E-state index in [9.17, 15) is 14.9 Å². The minimum Gasteiger partial charge on any atom is -0.464 e. The Balaban J connectivity index is 3.04. The number of halogens is 1. The van der Waals surface area contributed by atoms with Gasteiger partial charge in [-0.3, -0.25) is 10.1 Å². The van der Waals surface area contributed by atoms with Crippen LogP contribution in [0.1, 0.15) is 26.7 Å². The summed E-state index contributed by atoms with van der Waals surface area (Å²) in [5, 5.41) is 14.0. The lowest BCUT2D eigenvalue weighted by Gasteiger charge is -2.18. The Morgan fingerprint density at radius 1 is 1.50 bits per heavy atom. The molecule has 0 aromatic heterocycles. The van der Waals surface area contributed by atoms with Gasteiger partial charge < -0.3 is 10.1 Å². The topological polar surface area (TPSA) is 81.5 Å². The number of hydrogen-bond acceptors (Lipinski definition) is 5. The van der Waals surface area contributed by atoms with E-state index < -0.39 is 16.9 Å². The molecular formula is C13H17BrN2O4. The summed E-state index contributed by atoms with van der Waals surface area (Å²) >= 11 is 3.26. The van der Waals surface area contributed by atoms with E-state index in [1.54, 1.807) is 19.1 Å². The van der Waals surface area contributed by atoms with Crippen LogP contribution >= 0.6 is 15.9 Å². The smallest absolute Gasteiger partial charge is 0.328 e. The van der Waals surface area contributed by atoms with Gasteiger partial charge in [-0.1, -0.05) is 19.4 Å². The number of nitrogens with zero attached hydrogens (tertiary/aromatic N) is 1. The van der Waals surface area contributed by atoms with Gasteiger partial charge in [0.15, 0.2) is 0 Å². The van der Waals surface area contributed by atoms with E-state index in [2.05, 4.69) is 21.2 Å². The molecule has 1 aromatic rings. The van der Waals surface area contributed by atoms with Crippen molar-refractivity contribution in [3.05, 3.63) is 32.8 Å². The minimum atomic E-state index is -0.600. The van der Waals surface area contributed by atoms with Crippen LogP contribution in [-0.2, 0) is 9.53 Å². The van der Waals surface area contributed by atoms with Crippen LogP contribution in [0.2, 0.25) is 0 Å². The van der Waals surface area contributed by atoms with E-state index in [4.69, 9.17) is 4.74 Å². The first-order valence-corrected chi connectivity index (χ1v) is 7.16. The van der Waals surface area contributed by atoms with E-state index in [1.807, 2.05) is 6.92 Å². The number of benzene rings is 1. The molecule has 0 amide bonds. The van der Waals surface area contributed by atoms with Crippen molar-refractivity contribution in [1.82, 2.24) is 0 Å². The average molecular weight is 345 g/mol. The van der Waals surface area contributed by atoms with Crippen LogP contribution in [0.5, 0.6) is 0 Å². The van der Waals surface area contributed by atoms with Gasteiger partial charge in [0, 0.05) is 10.5 Å². The quantitative estimate of drug-likeness (QED) is 0.465. The van der Waals surface area contributed by atoms with Crippen LogP contribution in [0, 0.1) is 10.1 Å². The number of nitro groups is 1. The summed E-state index contributed by atoms with van der Waals surface area (Å²) in [5.41, 5.74) is 0.216. The summed E-state index contributed by atoms with van der Waals surface area (Å²) < 4.78 is 5.52. The molecule has 0 saturated carbocycles. The number of nitro benzene ring substituents is 1. The Hall–Kier alpha value is -1.63. The molecule has 1 rings (SSSR count). The number of hydrogen-bond donors (Lipinski definition) is 1. The third-order valence-corrected chi connectivity index (χ3v) is 3.32. The van der Waals surface area contributed by atoms with Crippen LogP contribution in [0.25, 0.3) is 0 Å². The first-order chi connectivity index (χ1) is 9.51. The van der Waals surface area contributed by atoms with Crippen molar-refractivity contribution in [2.75, 3.05) is 11.9 Å². The molecule has 1 N–H and O–H groups in total. The number of rotatable bonds is 7. The maximum atomic E-state index is 11.9. The van der Waals surface area contributed by atoms with Gasteiger partial charge in [-0.15, -0.1) is 0 Å². The van der Waals surface area contributed by atoms with Gasteiger partial charge in [0.1, 0.15) is 11.7 Å². The zero-order valence-electron chi connectivity index (χ0n) is 11.4. The van der Waals surface area contributed by atoms with Crippen molar-refractivity contribution >= 4 is 33.3 Å². The molecule has 0 aliphatic carbocycles. The van der Waals surface area contributed by atoms with Crippen LogP contribution in [0.3, 0.4) is 0 Å². The summed E-state index contributed by atoms with van der Waals surface area (Å²) in [7, 11) is 0. The van der Waals surface area contributed by atoms with Crippen LogP contribution in [0.4, 0.5) is 11.4 Å². The third-order valence-electron chi connectivity index (χ3n) is 2.66. The second-order valence-corrected chi connectivity index (χ2v) is 4.98. The number of carbonyl (C=O) groups is 1. The van der Waals surface area contributed by atoms with Crippen LogP contribution < -0.4 is 5.32 Å². The Morgan fingerprint density at radius 2 is 2.20 bits per heavy atom. The van der Waals surface area contributed by atoms with Gasteiger partial charge >= 0.3 is 5.97 Å². The number of carbonyl (C=O) groups excluding carboxylic acids is 1. The van der Waals surface area contributed by atoms with Crippen molar-refractivity contribution < 1.29 is 14.5 Å². The van der Waals surface area contributed by atoms with E-state index in [0.29, 0.717) is 16.6 Å². The zero-order chi connectivity index (χ0) is 15.1. The van der Waals surface area contributed by atoms with Gasteiger partial charge in [-0.05, 0) is 35.3 Å². The second kappa shape index (κ2) is 7.84. The highest BCUT2D eigenvalue weighted by molar-refractivity contribution is 9.10. The molecular weight excluding hydrogens is 328 g/mol. The Bertz CT molecular complexity index is 493. The SMILES string of the molecule is CCCC(Nc1c(Br)cccc1[N+](=O)[O-])C(=O)OCC. The molecule has 0 aliphatic rings. The monoisotopic (exact) mass is 344 g/mol. The number of nitrogens with one attached hydrogen (secondary N) is 1. The highest BCUT2D eigenvalue weighted by Gasteiger charge is 2.24. The van der Waals surface area contributed by atoms with Crippen molar-refractivity contribution in [3.63, 3.8) is 0 Å². The molecule has 0 radical (unpaired) electrons. The molecule has 1 unspecified atom stereocenters.